The van der Waals surface area contributed by atoms with Crippen molar-refractivity contribution in [2.75, 3.05) is 13.7 Å². The van der Waals surface area contributed by atoms with E-state index in [0.717, 1.165) is 47.8 Å². The summed E-state index contributed by atoms with van der Waals surface area (Å²) in [5.74, 6) is 0.818. The van der Waals surface area contributed by atoms with Crippen molar-refractivity contribution >= 4 is 11.8 Å². The summed E-state index contributed by atoms with van der Waals surface area (Å²) in [5.41, 5.74) is 5.38. The second-order valence-electron chi connectivity index (χ2n) is 7.11. The van der Waals surface area contributed by atoms with Gasteiger partial charge >= 0.3 is 0 Å². The van der Waals surface area contributed by atoms with Crippen molar-refractivity contribution in [2.24, 2.45) is 5.10 Å². The quantitative estimate of drug-likeness (QED) is 0.636. The predicted octanol–water partition coefficient (Wildman–Crippen LogP) is 5.36. The molecule has 0 saturated carbocycles. The zero-order valence-electron chi connectivity index (χ0n) is 17.4. The van der Waals surface area contributed by atoms with Gasteiger partial charge in [-0.3, -0.25) is 5.01 Å². The fraction of sp³-hybridized carbons (Fsp3) is 0.391. The lowest BCUT2D eigenvalue weighted by Gasteiger charge is -2.27. The predicted molar refractivity (Wildman–Crippen MR) is 116 cm³/mol. The van der Waals surface area contributed by atoms with E-state index in [1.165, 1.54) is 18.5 Å². The van der Waals surface area contributed by atoms with Crippen LogP contribution in [0.1, 0.15) is 50.8 Å². The third-order valence-corrected chi connectivity index (χ3v) is 4.81. The topological polar surface area (TPSA) is 42.7 Å². The Morgan fingerprint density at radius 3 is 2.89 bits per heavy atom. The molecule has 0 amide bonds. The van der Waals surface area contributed by atoms with E-state index in [-0.39, 0.29) is 0 Å². The third kappa shape index (κ3) is 4.91. The van der Waals surface area contributed by atoms with Crippen LogP contribution in [0, 0.1) is 6.92 Å². The molecule has 0 atom stereocenters. The van der Waals surface area contributed by atoms with Gasteiger partial charge in [0, 0.05) is 18.4 Å². The van der Waals surface area contributed by atoms with Crippen LogP contribution in [0.15, 0.2) is 53.7 Å². The molecule has 1 fully saturated rings. The number of hydrogen-bond donors (Lipinski definition) is 0. The van der Waals surface area contributed by atoms with E-state index in [4.69, 9.17) is 9.84 Å². The van der Waals surface area contributed by atoms with Gasteiger partial charge in [-0.2, -0.15) is 5.10 Å². The highest BCUT2D eigenvalue weighted by Crippen LogP contribution is 2.25. The molecule has 1 aromatic heterocycles. The summed E-state index contributed by atoms with van der Waals surface area (Å²) in [6, 6.07) is 6.18. The first kappa shape index (κ1) is 19.9. The number of imidazole rings is 1. The summed E-state index contributed by atoms with van der Waals surface area (Å²) in [6.07, 6.45) is 14.9. The van der Waals surface area contributed by atoms with Gasteiger partial charge in [0.2, 0.25) is 0 Å². The third-order valence-electron chi connectivity index (χ3n) is 4.81. The molecule has 1 aliphatic heterocycles. The van der Waals surface area contributed by atoms with Gasteiger partial charge in [-0.1, -0.05) is 25.1 Å². The molecule has 0 unspecified atom stereocenters. The number of aryl methyl sites for hydroxylation is 1. The van der Waals surface area contributed by atoms with Gasteiger partial charge in [0.15, 0.2) is 0 Å². The molecule has 5 heteroatoms. The molecule has 0 aliphatic carbocycles. The second kappa shape index (κ2) is 9.40. The lowest BCUT2D eigenvalue weighted by atomic mass is 10.1. The maximum Gasteiger partial charge on any atom is 0.143 e. The number of allylic oxidation sites excluding steroid dienone is 3. The Bertz CT molecular complexity index is 892. The van der Waals surface area contributed by atoms with Crippen LogP contribution in [0.3, 0.4) is 0 Å². The summed E-state index contributed by atoms with van der Waals surface area (Å²) in [4.78, 5) is 4.29. The molecule has 0 radical (unpaired) electrons. The number of hydrazone groups is 1. The van der Waals surface area contributed by atoms with Crippen LogP contribution in [0.25, 0.3) is 11.8 Å². The minimum atomic E-state index is 0.818. The molecule has 0 bridgehead atoms. The van der Waals surface area contributed by atoms with Gasteiger partial charge in [0.25, 0.3) is 0 Å². The van der Waals surface area contributed by atoms with Gasteiger partial charge in [-0.05, 0) is 63.3 Å². The van der Waals surface area contributed by atoms with Crippen LogP contribution >= 0.6 is 0 Å². The first-order valence-corrected chi connectivity index (χ1v) is 9.99. The van der Waals surface area contributed by atoms with E-state index >= 15 is 0 Å². The highest BCUT2D eigenvalue weighted by atomic mass is 16.5. The zero-order chi connectivity index (χ0) is 19.9. The number of methoxy groups -OCH3 is 1. The largest absolute Gasteiger partial charge is 0.495 e. The average molecular weight is 379 g/mol. The molecule has 1 saturated heterocycles. The summed E-state index contributed by atoms with van der Waals surface area (Å²) in [7, 11) is 1.70. The first-order chi connectivity index (χ1) is 13.6. The van der Waals surface area contributed by atoms with Crippen molar-refractivity contribution in [3.8, 4) is 11.4 Å². The van der Waals surface area contributed by atoms with Crippen LogP contribution in [0.2, 0.25) is 0 Å². The minimum Gasteiger partial charge on any atom is -0.495 e. The molecule has 2 aromatic rings. The highest BCUT2D eigenvalue weighted by Gasteiger charge is 2.13. The fourth-order valence-electron chi connectivity index (χ4n) is 3.40. The monoisotopic (exact) mass is 378 g/mol. The average Bonchev–Trinajstić information content (AvgIpc) is 3.14. The van der Waals surface area contributed by atoms with E-state index in [0.29, 0.717) is 0 Å². The molecule has 1 aromatic carbocycles. The van der Waals surface area contributed by atoms with E-state index in [1.54, 1.807) is 13.4 Å². The van der Waals surface area contributed by atoms with E-state index < -0.39 is 0 Å². The van der Waals surface area contributed by atoms with Crippen molar-refractivity contribution in [1.82, 2.24) is 14.6 Å². The number of rotatable bonds is 6. The molecule has 28 heavy (non-hydrogen) atoms. The second-order valence-corrected chi connectivity index (χ2v) is 7.11. The van der Waals surface area contributed by atoms with E-state index in [1.807, 2.05) is 23.8 Å². The van der Waals surface area contributed by atoms with Crippen LogP contribution in [0.5, 0.6) is 5.75 Å². The molecular formula is C23H30N4O. The Balaban J connectivity index is 1.77. The molecule has 2 heterocycles. The van der Waals surface area contributed by atoms with Gasteiger partial charge in [-0.25, -0.2) is 4.98 Å². The number of hydrogen-bond acceptors (Lipinski definition) is 4. The standard InChI is InChI=1S/C23H30N4O/c1-5-8-21-9-6-7-14-27(21)25-18(2)10-11-20-12-13-22(23(15-20)28-4)26-16-19(3)24-17-26/h8,10-13,15-17H,5-7,9,14H2,1-4H3/b11-10+,21-8-,25-18+. The maximum absolute atomic E-state index is 5.59. The van der Waals surface area contributed by atoms with Crippen LogP contribution in [0.4, 0.5) is 0 Å². The SMILES string of the molecule is CC/C=C1/CCCCN1/N=C(C)/C=C/c1ccc(-n2cnc(C)c2)c(OC)c1. The molecule has 3 rings (SSSR count). The summed E-state index contributed by atoms with van der Waals surface area (Å²) in [6.45, 7) is 7.21. The lowest BCUT2D eigenvalue weighted by Crippen LogP contribution is -2.23. The van der Waals surface area contributed by atoms with Gasteiger partial charge in [0.1, 0.15) is 5.75 Å². The number of aromatic nitrogens is 2. The number of ether oxygens (including phenoxy) is 1. The molecule has 0 spiro atoms. The summed E-state index contributed by atoms with van der Waals surface area (Å²) >= 11 is 0. The van der Waals surface area contributed by atoms with Gasteiger partial charge in [-0.15, -0.1) is 0 Å². The fourth-order valence-corrected chi connectivity index (χ4v) is 3.40. The normalized spacial score (nSPS) is 16.9. The number of nitrogens with zero attached hydrogens (tertiary/aromatic N) is 4. The minimum absolute atomic E-state index is 0.818. The van der Waals surface area contributed by atoms with Crippen molar-refractivity contribution < 1.29 is 4.74 Å². The summed E-state index contributed by atoms with van der Waals surface area (Å²) in [5, 5.41) is 6.98. The van der Waals surface area contributed by atoms with Crippen LogP contribution in [-0.2, 0) is 0 Å². The maximum atomic E-state index is 5.59. The highest BCUT2D eigenvalue weighted by molar-refractivity contribution is 5.96. The van der Waals surface area contributed by atoms with Crippen LogP contribution < -0.4 is 4.74 Å². The number of benzene rings is 1. The molecule has 0 N–H and O–H groups in total. The summed E-state index contributed by atoms with van der Waals surface area (Å²) < 4.78 is 7.57. The Morgan fingerprint density at radius 1 is 1.32 bits per heavy atom. The number of piperidine rings is 1. The Labute approximate surface area is 168 Å². The van der Waals surface area contributed by atoms with Crippen molar-refractivity contribution in [1.29, 1.82) is 0 Å². The lowest BCUT2D eigenvalue weighted by molar-refractivity contribution is 0.302. The zero-order valence-corrected chi connectivity index (χ0v) is 17.4. The Morgan fingerprint density at radius 2 is 2.18 bits per heavy atom. The smallest absolute Gasteiger partial charge is 0.143 e. The molecule has 148 valence electrons. The van der Waals surface area contributed by atoms with E-state index in [2.05, 4.69) is 54.2 Å². The van der Waals surface area contributed by atoms with Crippen molar-refractivity contribution in [3.63, 3.8) is 0 Å². The van der Waals surface area contributed by atoms with Crippen molar-refractivity contribution in [3.05, 3.63) is 59.8 Å². The Kier molecular flexibility index (Phi) is 6.69. The molecular weight excluding hydrogens is 348 g/mol. The van der Waals surface area contributed by atoms with Crippen molar-refractivity contribution in [2.45, 2.75) is 46.5 Å². The van der Waals surface area contributed by atoms with Gasteiger partial charge < -0.3 is 9.30 Å². The van der Waals surface area contributed by atoms with E-state index in [9.17, 15) is 0 Å². The molecule has 1 aliphatic rings. The van der Waals surface area contributed by atoms with Crippen LogP contribution in [-0.4, -0.2) is 33.9 Å². The Hall–Kier alpha value is -2.82. The first-order valence-electron chi connectivity index (χ1n) is 9.99. The molecule has 5 nitrogen and oxygen atoms in total. The van der Waals surface area contributed by atoms with Gasteiger partial charge in [0.05, 0.1) is 30.5 Å².